The second kappa shape index (κ2) is 8.32. The van der Waals surface area contributed by atoms with E-state index < -0.39 is 0 Å². The van der Waals surface area contributed by atoms with Gasteiger partial charge in [-0.05, 0) is 17.8 Å². The van der Waals surface area contributed by atoms with Gasteiger partial charge in [0.1, 0.15) is 5.75 Å². The van der Waals surface area contributed by atoms with Crippen molar-refractivity contribution in [2.24, 2.45) is 0 Å². The largest absolute Gasteiger partial charge is 0.468 e. The first-order valence-electron chi connectivity index (χ1n) is 5.78. The molecule has 103 valence electrons. The van der Waals surface area contributed by atoms with Crippen LogP contribution in [0.4, 0.5) is 0 Å². The van der Waals surface area contributed by atoms with Crippen molar-refractivity contribution in [3.63, 3.8) is 0 Å². The maximum absolute atomic E-state index is 5.37. The molecule has 0 N–H and O–H groups in total. The second-order valence-electron chi connectivity index (χ2n) is 4.07. The van der Waals surface area contributed by atoms with Crippen LogP contribution in [0, 0.1) is 6.08 Å². The molecule has 0 fully saturated rings. The van der Waals surface area contributed by atoms with Gasteiger partial charge in [-0.3, -0.25) is 0 Å². The summed E-state index contributed by atoms with van der Waals surface area (Å²) in [6.45, 7) is 4.31. The molecule has 3 nitrogen and oxygen atoms in total. The zero-order valence-corrected chi connectivity index (χ0v) is 16.5. The molecule has 1 aromatic carbocycles. The monoisotopic (exact) mass is 457 g/mol. The summed E-state index contributed by atoms with van der Waals surface area (Å²) in [5, 5.41) is 0. The molecular weight excluding hydrogens is 442 g/mol. The fraction of sp³-hybridized carbons (Fsp3) is 0.200. The Morgan fingerprint density at radius 3 is 2.55 bits per heavy atom. The Balaban J connectivity index is 0.00000200. The van der Waals surface area contributed by atoms with Gasteiger partial charge in [0.05, 0.1) is 0 Å². The minimum atomic E-state index is 0. The Morgan fingerprint density at radius 2 is 1.95 bits per heavy atom. The molecule has 0 saturated carbocycles. The van der Waals surface area contributed by atoms with Gasteiger partial charge in [0.25, 0.3) is 0 Å². The van der Waals surface area contributed by atoms with Crippen molar-refractivity contribution in [2.75, 3.05) is 21.0 Å². The molecule has 1 heterocycles. The molecule has 0 saturated heterocycles. The van der Waals surface area contributed by atoms with Gasteiger partial charge >= 0.3 is 0 Å². The summed E-state index contributed by atoms with van der Waals surface area (Å²) in [6.07, 6.45) is 5.23. The van der Waals surface area contributed by atoms with E-state index in [0.717, 1.165) is 26.3 Å². The first kappa shape index (κ1) is 17.9. The number of likely N-dealkylation sites (N-methyl/N-ethyl adjacent to an activating group) is 1. The standard InChI is InChI=1S/C15H15INO2.Y/c1-11-14(16)8-9-15(17(11)2)12-4-6-13(7-5-12)19-10-18-3;/h4-8H,1,10H2,2-3H3;/q-1;. The van der Waals surface area contributed by atoms with E-state index in [1.807, 2.05) is 42.3 Å². The summed E-state index contributed by atoms with van der Waals surface area (Å²) in [5.74, 6) is 0.786. The van der Waals surface area contributed by atoms with Gasteiger partial charge in [0, 0.05) is 46.9 Å². The van der Waals surface area contributed by atoms with Crippen molar-refractivity contribution >= 4 is 28.3 Å². The molecule has 2 rings (SSSR count). The fourth-order valence-corrected chi connectivity index (χ4v) is 2.24. The predicted octanol–water partition coefficient (Wildman–Crippen LogP) is 3.59. The number of hydrogen-bond donors (Lipinski definition) is 0. The molecule has 0 bridgehead atoms. The first-order valence-corrected chi connectivity index (χ1v) is 6.85. The van der Waals surface area contributed by atoms with E-state index in [1.165, 1.54) is 0 Å². The summed E-state index contributed by atoms with van der Waals surface area (Å²) >= 11 is 2.26. The van der Waals surface area contributed by atoms with Gasteiger partial charge < -0.3 is 14.4 Å². The fourth-order valence-electron chi connectivity index (χ4n) is 1.72. The normalized spacial score (nSPS) is 14.3. The smallest absolute Gasteiger partial charge is 0.188 e. The molecule has 0 atom stereocenters. The first-order chi connectivity index (χ1) is 9.13. The number of halogens is 1. The zero-order valence-electron chi connectivity index (χ0n) is 11.5. The molecule has 1 aromatic rings. The summed E-state index contributed by atoms with van der Waals surface area (Å²) in [4.78, 5) is 2.03. The molecule has 1 aliphatic heterocycles. The van der Waals surface area contributed by atoms with Crippen LogP contribution in [-0.2, 0) is 37.4 Å². The maximum Gasteiger partial charge on any atom is 0.188 e. The molecule has 0 spiro atoms. The molecule has 5 heteroatoms. The maximum atomic E-state index is 5.37. The van der Waals surface area contributed by atoms with E-state index in [4.69, 9.17) is 9.47 Å². The molecular formula is C15H15INO2Y-. The molecule has 1 radical (unpaired) electrons. The van der Waals surface area contributed by atoms with Gasteiger partial charge in [-0.15, -0.1) is 34.7 Å². The van der Waals surface area contributed by atoms with Gasteiger partial charge in [-0.2, -0.15) is 12.2 Å². The quantitative estimate of drug-likeness (QED) is 0.392. The molecule has 1 aliphatic rings. The Morgan fingerprint density at radius 1 is 1.30 bits per heavy atom. The second-order valence-corrected chi connectivity index (χ2v) is 5.23. The van der Waals surface area contributed by atoms with Crippen LogP contribution >= 0.6 is 22.6 Å². The summed E-state index contributed by atoms with van der Waals surface area (Å²) in [5.41, 5.74) is 3.06. The summed E-state index contributed by atoms with van der Waals surface area (Å²) in [7, 11) is 3.59. The van der Waals surface area contributed by atoms with Crippen LogP contribution in [0.15, 0.2) is 46.2 Å². The van der Waals surface area contributed by atoms with Crippen molar-refractivity contribution < 1.29 is 42.2 Å². The molecule has 0 aliphatic carbocycles. The Kier molecular flexibility index (Phi) is 7.44. The van der Waals surface area contributed by atoms with Crippen LogP contribution in [0.1, 0.15) is 5.56 Å². The number of benzene rings is 1. The summed E-state index contributed by atoms with van der Waals surface area (Å²) in [6, 6.07) is 7.85. The van der Waals surface area contributed by atoms with E-state index in [-0.39, 0.29) is 39.5 Å². The molecule has 0 unspecified atom stereocenters. The number of hydrogen-bond acceptors (Lipinski definition) is 3. The topological polar surface area (TPSA) is 21.7 Å². The SMILES string of the molecule is C=C1C(I)=C[C-]=C(c2ccc(OCOC)cc2)N1C.[Y]. The van der Waals surface area contributed by atoms with Crippen LogP contribution in [0.2, 0.25) is 0 Å². The third kappa shape index (κ3) is 4.16. The van der Waals surface area contributed by atoms with Gasteiger partial charge in [0.2, 0.25) is 0 Å². The van der Waals surface area contributed by atoms with Crippen molar-refractivity contribution in [3.8, 4) is 5.75 Å². The van der Waals surface area contributed by atoms with Gasteiger partial charge in [-0.25, -0.2) is 0 Å². The molecule has 0 aromatic heterocycles. The number of rotatable bonds is 4. The van der Waals surface area contributed by atoms with E-state index in [0.29, 0.717) is 0 Å². The van der Waals surface area contributed by atoms with Crippen molar-refractivity contribution in [1.29, 1.82) is 0 Å². The van der Waals surface area contributed by atoms with E-state index in [1.54, 1.807) is 7.11 Å². The minimum Gasteiger partial charge on any atom is -0.468 e. The summed E-state index contributed by atoms with van der Waals surface area (Å²) < 4.78 is 11.3. The number of nitrogens with zero attached hydrogens (tertiary/aromatic N) is 1. The predicted molar refractivity (Wildman–Crippen MR) is 84.6 cm³/mol. The number of allylic oxidation sites excluding steroid dienone is 3. The minimum absolute atomic E-state index is 0. The van der Waals surface area contributed by atoms with Gasteiger partial charge in [0.15, 0.2) is 6.79 Å². The van der Waals surface area contributed by atoms with Crippen LogP contribution in [0.25, 0.3) is 5.70 Å². The van der Waals surface area contributed by atoms with Crippen molar-refractivity contribution in [1.82, 2.24) is 4.90 Å². The number of ether oxygens (including phenoxy) is 2. The van der Waals surface area contributed by atoms with Crippen LogP contribution < -0.4 is 4.74 Å². The third-order valence-electron chi connectivity index (χ3n) is 2.82. The van der Waals surface area contributed by atoms with Crippen LogP contribution in [-0.4, -0.2) is 25.9 Å². The Labute approximate surface area is 158 Å². The van der Waals surface area contributed by atoms with E-state index >= 15 is 0 Å². The van der Waals surface area contributed by atoms with E-state index in [9.17, 15) is 0 Å². The van der Waals surface area contributed by atoms with Crippen molar-refractivity contribution in [3.05, 3.63) is 57.8 Å². The molecule has 0 amide bonds. The van der Waals surface area contributed by atoms with Crippen LogP contribution in [0.5, 0.6) is 5.75 Å². The zero-order chi connectivity index (χ0) is 13.8. The van der Waals surface area contributed by atoms with Crippen LogP contribution in [0.3, 0.4) is 0 Å². The number of methoxy groups -OCH3 is 1. The molecule has 20 heavy (non-hydrogen) atoms. The third-order valence-corrected chi connectivity index (χ3v) is 3.76. The Bertz CT molecular complexity index is 537. The van der Waals surface area contributed by atoms with E-state index in [2.05, 4.69) is 35.2 Å². The average molecular weight is 457 g/mol. The van der Waals surface area contributed by atoms with Gasteiger partial charge in [-0.1, -0.05) is 21.4 Å². The average Bonchev–Trinajstić information content (AvgIpc) is 2.44. The Hall–Kier alpha value is -0.166. The van der Waals surface area contributed by atoms with Crippen molar-refractivity contribution in [2.45, 2.75) is 0 Å².